The van der Waals surface area contributed by atoms with Crippen LogP contribution in [0.4, 0.5) is 4.79 Å². The molecule has 0 unspecified atom stereocenters. The summed E-state index contributed by atoms with van der Waals surface area (Å²) in [6.45, 7) is 1.68. The van der Waals surface area contributed by atoms with E-state index in [1.807, 2.05) is 24.3 Å². The van der Waals surface area contributed by atoms with Crippen molar-refractivity contribution in [3.8, 4) is 11.1 Å². The first kappa shape index (κ1) is 21.9. The Labute approximate surface area is 187 Å². The number of carbonyl (C=O) groups is 3. The highest BCUT2D eigenvalue weighted by Gasteiger charge is 2.38. The SMILES string of the molecule is C[C@@H](C(=O)O)N(C)C(=O)[C@H]1CCC[C@H]1NC(=O)OCC1c2ccccc2-c2ccccc21. The Hall–Kier alpha value is -3.35. The second-order valence-electron chi connectivity index (χ2n) is 8.58. The molecule has 7 nitrogen and oxygen atoms in total. The lowest BCUT2D eigenvalue weighted by molar-refractivity contribution is -0.150. The van der Waals surface area contributed by atoms with Gasteiger partial charge in [0, 0.05) is 19.0 Å². The zero-order valence-corrected chi connectivity index (χ0v) is 18.3. The van der Waals surface area contributed by atoms with Crippen molar-refractivity contribution in [2.45, 2.75) is 44.2 Å². The van der Waals surface area contributed by atoms with Gasteiger partial charge in [0.2, 0.25) is 5.91 Å². The Morgan fingerprint density at radius 1 is 1.06 bits per heavy atom. The number of carboxylic acids is 1. The highest BCUT2D eigenvalue weighted by Crippen LogP contribution is 2.44. The maximum atomic E-state index is 12.8. The number of carbonyl (C=O) groups excluding carboxylic acids is 2. The number of hydrogen-bond donors (Lipinski definition) is 2. The van der Waals surface area contributed by atoms with Gasteiger partial charge < -0.3 is 20.1 Å². The predicted molar refractivity (Wildman–Crippen MR) is 119 cm³/mol. The van der Waals surface area contributed by atoms with Gasteiger partial charge in [-0.15, -0.1) is 0 Å². The van der Waals surface area contributed by atoms with E-state index in [9.17, 15) is 19.5 Å². The number of alkyl carbamates (subject to hydrolysis) is 1. The number of hydrogen-bond acceptors (Lipinski definition) is 4. The van der Waals surface area contributed by atoms with Gasteiger partial charge in [-0.2, -0.15) is 0 Å². The molecule has 0 saturated heterocycles. The van der Waals surface area contributed by atoms with Crippen LogP contribution in [0, 0.1) is 5.92 Å². The van der Waals surface area contributed by atoms with Crippen LogP contribution in [0.15, 0.2) is 48.5 Å². The first-order chi connectivity index (χ1) is 15.4. The molecule has 2 aromatic rings. The van der Waals surface area contributed by atoms with E-state index in [-0.39, 0.29) is 24.5 Å². The van der Waals surface area contributed by atoms with Gasteiger partial charge in [0.1, 0.15) is 12.6 Å². The van der Waals surface area contributed by atoms with Crippen molar-refractivity contribution in [2.75, 3.05) is 13.7 Å². The van der Waals surface area contributed by atoms with Gasteiger partial charge in [-0.25, -0.2) is 9.59 Å². The number of nitrogens with zero attached hydrogens (tertiary/aromatic N) is 1. The standard InChI is InChI=1S/C25H28N2O5/c1-15(24(29)30)27(2)23(28)20-12-7-13-22(20)26-25(31)32-14-21-18-10-5-3-8-16(18)17-9-4-6-11-19(17)21/h3-6,8-11,15,20-22H,7,12-14H2,1-2H3,(H,26,31)(H,29,30)/t15-,20-,22+/m0/s1. The summed E-state index contributed by atoms with van der Waals surface area (Å²) in [6.07, 6.45) is 1.52. The lowest BCUT2D eigenvalue weighted by Gasteiger charge is -2.28. The largest absolute Gasteiger partial charge is 0.480 e. The fourth-order valence-electron chi connectivity index (χ4n) is 4.84. The zero-order chi connectivity index (χ0) is 22.8. The molecular formula is C25H28N2O5. The molecule has 32 heavy (non-hydrogen) atoms. The summed E-state index contributed by atoms with van der Waals surface area (Å²) >= 11 is 0. The first-order valence-corrected chi connectivity index (χ1v) is 11.0. The van der Waals surface area contributed by atoms with Gasteiger partial charge in [0.05, 0.1) is 5.92 Å². The summed E-state index contributed by atoms with van der Waals surface area (Å²) in [5, 5.41) is 12.0. The fraction of sp³-hybridized carbons (Fsp3) is 0.400. The average molecular weight is 437 g/mol. The smallest absolute Gasteiger partial charge is 0.407 e. The van der Waals surface area contributed by atoms with Crippen molar-refractivity contribution in [1.82, 2.24) is 10.2 Å². The van der Waals surface area contributed by atoms with Crippen molar-refractivity contribution < 1.29 is 24.2 Å². The predicted octanol–water partition coefficient (Wildman–Crippen LogP) is 3.63. The molecule has 168 valence electrons. The van der Waals surface area contributed by atoms with Gasteiger partial charge in [0.25, 0.3) is 0 Å². The van der Waals surface area contributed by atoms with Crippen LogP contribution in [0.3, 0.4) is 0 Å². The van der Waals surface area contributed by atoms with Gasteiger partial charge in [-0.1, -0.05) is 55.0 Å². The van der Waals surface area contributed by atoms with Crippen LogP contribution >= 0.6 is 0 Å². The summed E-state index contributed by atoms with van der Waals surface area (Å²) in [4.78, 5) is 37.9. The molecule has 0 bridgehead atoms. The maximum Gasteiger partial charge on any atom is 0.407 e. The molecule has 7 heteroatoms. The molecule has 2 aromatic carbocycles. The molecule has 2 aliphatic rings. The molecule has 2 aliphatic carbocycles. The maximum absolute atomic E-state index is 12.8. The second kappa shape index (κ2) is 9.02. The van der Waals surface area contributed by atoms with Crippen LogP contribution in [0.2, 0.25) is 0 Å². The molecule has 0 aromatic heterocycles. The number of benzene rings is 2. The van der Waals surface area contributed by atoms with Crippen LogP contribution in [0.5, 0.6) is 0 Å². The van der Waals surface area contributed by atoms with Crippen LogP contribution in [0.25, 0.3) is 11.1 Å². The Morgan fingerprint density at radius 3 is 2.25 bits per heavy atom. The molecular weight excluding hydrogens is 408 g/mol. The van der Waals surface area contributed by atoms with Gasteiger partial charge in [-0.05, 0) is 42.0 Å². The molecule has 1 saturated carbocycles. The lowest BCUT2D eigenvalue weighted by atomic mass is 9.98. The van der Waals surface area contributed by atoms with E-state index in [4.69, 9.17) is 4.74 Å². The minimum Gasteiger partial charge on any atom is -0.480 e. The van der Waals surface area contributed by atoms with E-state index >= 15 is 0 Å². The van der Waals surface area contributed by atoms with Gasteiger partial charge >= 0.3 is 12.1 Å². The number of ether oxygens (including phenoxy) is 1. The minimum absolute atomic E-state index is 0.0308. The number of fused-ring (bicyclic) bond motifs is 3. The van der Waals surface area contributed by atoms with Crippen LogP contribution in [-0.2, 0) is 14.3 Å². The normalized spacial score (nSPS) is 20.2. The Balaban J connectivity index is 1.39. The third kappa shape index (κ3) is 4.07. The van der Waals surface area contributed by atoms with E-state index < -0.39 is 24.0 Å². The third-order valence-electron chi connectivity index (χ3n) is 6.77. The van der Waals surface area contributed by atoms with E-state index in [0.717, 1.165) is 28.7 Å². The molecule has 4 rings (SSSR count). The topological polar surface area (TPSA) is 95.9 Å². The monoisotopic (exact) mass is 436 g/mol. The number of amides is 2. The quantitative estimate of drug-likeness (QED) is 0.721. The van der Waals surface area contributed by atoms with Crippen LogP contribution in [0.1, 0.15) is 43.2 Å². The summed E-state index contributed by atoms with van der Waals surface area (Å²) in [7, 11) is 1.49. The van der Waals surface area contributed by atoms with Gasteiger partial charge in [-0.3, -0.25) is 4.79 Å². The number of aliphatic carboxylic acids is 1. The Bertz CT molecular complexity index is 991. The number of likely N-dealkylation sites (N-methyl/N-ethyl adjacent to an activating group) is 1. The molecule has 0 radical (unpaired) electrons. The Kier molecular flexibility index (Phi) is 6.17. The molecule has 2 amide bonds. The van der Waals surface area contributed by atoms with Crippen LogP contribution in [-0.4, -0.2) is 53.7 Å². The summed E-state index contributed by atoms with van der Waals surface area (Å²) in [5.41, 5.74) is 4.60. The lowest BCUT2D eigenvalue weighted by Crippen LogP contribution is -2.48. The third-order valence-corrected chi connectivity index (χ3v) is 6.77. The van der Waals surface area contributed by atoms with Crippen molar-refractivity contribution in [3.05, 3.63) is 59.7 Å². The fourth-order valence-corrected chi connectivity index (χ4v) is 4.84. The van der Waals surface area contributed by atoms with Crippen molar-refractivity contribution in [2.24, 2.45) is 5.92 Å². The molecule has 0 aliphatic heterocycles. The first-order valence-electron chi connectivity index (χ1n) is 11.0. The highest BCUT2D eigenvalue weighted by atomic mass is 16.5. The zero-order valence-electron chi connectivity index (χ0n) is 18.3. The van der Waals surface area contributed by atoms with E-state index in [1.54, 1.807) is 0 Å². The highest BCUT2D eigenvalue weighted by molar-refractivity contribution is 5.86. The molecule has 0 spiro atoms. The molecule has 2 N–H and O–H groups in total. The van der Waals surface area contributed by atoms with E-state index in [2.05, 4.69) is 29.6 Å². The van der Waals surface area contributed by atoms with Crippen LogP contribution < -0.4 is 5.32 Å². The summed E-state index contributed by atoms with van der Waals surface area (Å²) in [5.74, 6) is -1.79. The number of carboxylic acid groups (broad SMARTS) is 1. The second-order valence-corrected chi connectivity index (χ2v) is 8.58. The summed E-state index contributed by atoms with van der Waals surface area (Å²) < 4.78 is 5.61. The summed E-state index contributed by atoms with van der Waals surface area (Å²) in [6, 6.07) is 15.0. The van der Waals surface area contributed by atoms with Crippen molar-refractivity contribution in [1.29, 1.82) is 0 Å². The number of nitrogens with one attached hydrogen (secondary N) is 1. The molecule has 0 heterocycles. The average Bonchev–Trinajstić information content (AvgIpc) is 3.38. The van der Waals surface area contributed by atoms with E-state index in [0.29, 0.717) is 12.8 Å². The van der Waals surface area contributed by atoms with Crippen molar-refractivity contribution in [3.63, 3.8) is 0 Å². The number of rotatable bonds is 6. The minimum atomic E-state index is -1.06. The van der Waals surface area contributed by atoms with Gasteiger partial charge in [0.15, 0.2) is 0 Å². The van der Waals surface area contributed by atoms with E-state index in [1.165, 1.54) is 18.9 Å². The Morgan fingerprint density at radius 2 is 1.66 bits per heavy atom. The molecule has 3 atom stereocenters. The van der Waals surface area contributed by atoms with Crippen molar-refractivity contribution >= 4 is 18.0 Å². The molecule has 1 fully saturated rings.